The van der Waals surface area contributed by atoms with Gasteiger partial charge in [0.2, 0.25) is 5.95 Å². The van der Waals surface area contributed by atoms with Crippen LogP contribution in [0.25, 0.3) is 11.0 Å². The Kier molecular flexibility index (Phi) is 4.95. The molecule has 2 aromatic heterocycles. The molecule has 2 N–H and O–H groups in total. The van der Waals surface area contributed by atoms with E-state index < -0.39 is 0 Å². The van der Waals surface area contributed by atoms with Gasteiger partial charge in [-0.15, -0.1) is 0 Å². The van der Waals surface area contributed by atoms with Gasteiger partial charge in [-0.25, -0.2) is 4.68 Å². The van der Waals surface area contributed by atoms with Gasteiger partial charge in [0.15, 0.2) is 5.65 Å². The summed E-state index contributed by atoms with van der Waals surface area (Å²) in [6, 6.07) is 0.240. The van der Waals surface area contributed by atoms with Crippen LogP contribution in [-0.4, -0.2) is 46.1 Å². The van der Waals surface area contributed by atoms with E-state index >= 15 is 0 Å². The number of fused-ring (bicyclic) bond motifs is 1. The molecule has 0 spiro atoms. The first-order chi connectivity index (χ1) is 10.2. The number of hydrogen-bond donors (Lipinski definition) is 1. The number of hydrogen-bond acceptors (Lipinski definition) is 6. The number of ether oxygens (including phenoxy) is 1. The molecule has 7 heteroatoms. The lowest BCUT2D eigenvalue weighted by molar-refractivity contribution is 0.122. The average Bonchev–Trinajstić information content (AvgIpc) is 2.95. The van der Waals surface area contributed by atoms with Crippen LogP contribution in [0.1, 0.15) is 33.7 Å². The minimum atomic E-state index is 0.240. The zero-order valence-electron chi connectivity index (χ0n) is 13.2. The molecule has 0 aliphatic carbocycles. The first kappa shape index (κ1) is 15.5. The van der Waals surface area contributed by atoms with Gasteiger partial charge in [-0.05, 0) is 13.8 Å². The van der Waals surface area contributed by atoms with E-state index in [1.165, 1.54) is 0 Å². The molecule has 1 saturated heterocycles. The van der Waals surface area contributed by atoms with Crippen LogP contribution in [0.15, 0.2) is 6.20 Å². The highest BCUT2D eigenvalue weighted by molar-refractivity contribution is 5.86. The largest absolute Gasteiger partial charge is 0.383 e. The molecule has 21 heavy (non-hydrogen) atoms. The Morgan fingerprint density at radius 3 is 2.48 bits per heavy atom. The lowest BCUT2D eigenvalue weighted by atomic mass is 10.3. The van der Waals surface area contributed by atoms with E-state index in [2.05, 4.69) is 33.8 Å². The molecule has 0 bridgehead atoms. The molecule has 0 aromatic carbocycles. The van der Waals surface area contributed by atoms with E-state index in [0.29, 0.717) is 25.0 Å². The first-order valence-corrected chi connectivity index (χ1v) is 7.50. The van der Waals surface area contributed by atoms with Crippen LogP contribution >= 0.6 is 0 Å². The van der Waals surface area contributed by atoms with Crippen LogP contribution in [-0.2, 0) is 4.74 Å². The fraction of sp³-hybridized carbons (Fsp3) is 0.643. The zero-order chi connectivity index (χ0) is 15.4. The van der Waals surface area contributed by atoms with Gasteiger partial charge in [-0.3, -0.25) is 0 Å². The second kappa shape index (κ2) is 6.71. The number of aromatic nitrogens is 4. The quantitative estimate of drug-likeness (QED) is 0.909. The van der Waals surface area contributed by atoms with E-state index in [4.69, 9.17) is 10.5 Å². The van der Waals surface area contributed by atoms with Crippen LogP contribution in [0.4, 0.5) is 11.8 Å². The maximum absolute atomic E-state index is 6.01. The Morgan fingerprint density at radius 2 is 1.86 bits per heavy atom. The van der Waals surface area contributed by atoms with E-state index in [-0.39, 0.29) is 6.04 Å². The molecule has 3 rings (SSSR count). The molecule has 116 valence electrons. The lowest BCUT2D eigenvalue weighted by Gasteiger charge is -2.26. The summed E-state index contributed by atoms with van der Waals surface area (Å²) in [5.41, 5.74) is 6.81. The van der Waals surface area contributed by atoms with Crippen LogP contribution in [0, 0.1) is 0 Å². The Balaban J connectivity index is 0.000000774. The van der Waals surface area contributed by atoms with E-state index in [1.54, 1.807) is 6.20 Å². The van der Waals surface area contributed by atoms with Gasteiger partial charge < -0.3 is 15.4 Å². The maximum atomic E-state index is 6.01. The summed E-state index contributed by atoms with van der Waals surface area (Å²) < 4.78 is 7.21. The second-order valence-corrected chi connectivity index (χ2v) is 4.93. The van der Waals surface area contributed by atoms with Gasteiger partial charge in [0.05, 0.1) is 24.8 Å². The number of nitrogens with two attached hydrogens (primary N) is 1. The zero-order valence-corrected chi connectivity index (χ0v) is 13.2. The molecule has 3 heterocycles. The molecule has 1 aliphatic rings. The number of nitrogens with zero attached hydrogens (tertiary/aromatic N) is 5. The van der Waals surface area contributed by atoms with Crippen molar-refractivity contribution in [1.29, 1.82) is 0 Å². The SMILES string of the molecule is CC.CC(C)n1ncc2c(N)nc(N3CCOCC3)nc21. The van der Waals surface area contributed by atoms with Crippen molar-refractivity contribution in [2.24, 2.45) is 0 Å². The summed E-state index contributed by atoms with van der Waals surface area (Å²) in [6.07, 6.45) is 1.73. The Labute approximate surface area is 125 Å². The minimum absolute atomic E-state index is 0.240. The van der Waals surface area contributed by atoms with Gasteiger partial charge in [0, 0.05) is 19.1 Å². The van der Waals surface area contributed by atoms with Crippen molar-refractivity contribution >= 4 is 22.8 Å². The number of morpholine rings is 1. The molecule has 1 fully saturated rings. The average molecular weight is 292 g/mol. The fourth-order valence-electron chi connectivity index (χ4n) is 2.22. The molecule has 7 nitrogen and oxygen atoms in total. The van der Waals surface area contributed by atoms with Crippen molar-refractivity contribution in [3.05, 3.63) is 6.20 Å². The third-order valence-corrected chi connectivity index (χ3v) is 3.25. The molecule has 1 aliphatic heterocycles. The summed E-state index contributed by atoms with van der Waals surface area (Å²) in [7, 11) is 0. The highest BCUT2D eigenvalue weighted by Crippen LogP contribution is 2.23. The first-order valence-electron chi connectivity index (χ1n) is 7.50. The monoisotopic (exact) mass is 292 g/mol. The van der Waals surface area contributed by atoms with Crippen molar-refractivity contribution < 1.29 is 4.74 Å². The van der Waals surface area contributed by atoms with E-state index in [1.807, 2.05) is 18.5 Å². The number of nitrogen functional groups attached to an aromatic ring is 1. The minimum Gasteiger partial charge on any atom is -0.383 e. The van der Waals surface area contributed by atoms with Gasteiger partial charge in [0.1, 0.15) is 5.82 Å². The Hall–Kier alpha value is -1.89. The van der Waals surface area contributed by atoms with Gasteiger partial charge in [0.25, 0.3) is 0 Å². The van der Waals surface area contributed by atoms with Gasteiger partial charge >= 0.3 is 0 Å². The molecule has 2 aromatic rings. The standard InChI is InChI=1S/C12H18N6O.C2H6/c1-8(2)18-11-9(7-14-18)10(13)15-12(16-11)17-3-5-19-6-4-17;1-2/h7-8H,3-6H2,1-2H3,(H2,13,15,16);1-2H3. The second-order valence-electron chi connectivity index (χ2n) is 4.93. The normalized spacial score (nSPS) is 15.2. The topological polar surface area (TPSA) is 82.1 Å². The maximum Gasteiger partial charge on any atom is 0.229 e. The molecule has 0 unspecified atom stereocenters. The Bertz CT molecular complexity index is 588. The summed E-state index contributed by atoms with van der Waals surface area (Å²) in [4.78, 5) is 11.1. The summed E-state index contributed by atoms with van der Waals surface area (Å²) in [6.45, 7) is 11.1. The highest BCUT2D eigenvalue weighted by Gasteiger charge is 2.18. The van der Waals surface area contributed by atoms with Crippen molar-refractivity contribution in [1.82, 2.24) is 19.7 Å². The predicted octanol–water partition coefficient (Wildman–Crippen LogP) is 1.85. The van der Waals surface area contributed by atoms with Crippen LogP contribution in [0.2, 0.25) is 0 Å². The molecule has 0 atom stereocenters. The molecule has 0 amide bonds. The van der Waals surface area contributed by atoms with Crippen molar-refractivity contribution in [3.8, 4) is 0 Å². The molecule has 0 radical (unpaired) electrons. The van der Waals surface area contributed by atoms with E-state index in [0.717, 1.165) is 24.1 Å². The smallest absolute Gasteiger partial charge is 0.229 e. The lowest BCUT2D eigenvalue weighted by Crippen LogP contribution is -2.37. The van der Waals surface area contributed by atoms with Gasteiger partial charge in [-0.1, -0.05) is 13.8 Å². The molecule has 0 saturated carbocycles. The summed E-state index contributed by atoms with van der Waals surface area (Å²) in [5, 5.41) is 5.14. The Morgan fingerprint density at radius 1 is 1.19 bits per heavy atom. The highest BCUT2D eigenvalue weighted by atomic mass is 16.5. The summed E-state index contributed by atoms with van der Waals surface area (Å²) in [5.74, 6) is 1.15. The number of rotatable bonds is 2. The van der Waals surface area contributed by atoms with Crippen molar-refractivity contribution in [2.75, 3.05) is 36.9 Å². The van der Waals surface area contributed by atoms with Crippen molar-refractivity contribution in [2.45, 2.75) is 33.7 Å². The third-order valence-electron chi connectivity index (χ3n) is 3.25. The van der Waals surface area contributed by atoms with E-state index in [9.17, 15) is 0 Å². The summed E-state index contributed by atoms with van der Waals surface area (Å²) >= 11 is 0. The number of anilines is 2. The third kappa shape index (κ3) is 3.07. The van der Waals surface area contributed by atoms with Crippen LogP contribution in [0.3, 0.4) is 0 Å². The van der Waals surface area contributed by atoms with Gasteiger partial charge in [-0.2, -0.15) is 15.1 Å². The molecular formula is C14H24N6O. The molecular weight excluding hydrogens is 268 g/mol. The van der Waals surface area contributed by atoms with Crippen LogP contribution in [0.5, 0.6) is 0 Å². The van der Waals surface area contributed by atoms with Crippen molar-refractivity contribution in [3.63, 3.8) is 0 Å². The van der Waals surface area contributed by atoms with Crippen LogP contribution < -0.4 is 10.6 Å². The predicted molar refractivity (Wildman–Crippen MR) is 84.5 cm³/mol. The fourth-order valence-corrected chi connectivity index (χ4v) is 2.22.